The number of methoxy groups -OCH3 is 1. The molecule has 7 nitrogen and oxygen atoms in total. The molecule has 0 atom stereocenters. The van der Waals surface area contributed by atoms with Crippen LogP contribution in [-0.4, -0.2) is 72.4 Å². The largest absolute Gasteiger partial charge is 0.497 e. The average molecular weight is 532 g/mol. The Balaban J connectivity index is 0.000000293. The second kappa shape index (κ2) is 16.3. The summed E-state index contributed by atoms with van der Waals surface area (Å²) in [5, 5.41) is 4.61. The summed E-state index contributed by atoms with van der Waals surface area (Å²) in [5.41, 5.74) is 6.43. The van der Waals surface area contributed by atoms with E-state index in [1.807, 2.05) is 32.9 Å². The topological polar surface area (TPSA) is 63.0 Å². The number of aldehydes is 1. The first-order valence-electron chi connectivity index (χ1n) is 13.5. The fourth-order valence-corrected chi connectivity index (χ4v) is 4.11. The Hall–Kier alpha value is -3.71. The smallest absolute Gasteiger partial charge is 0.141 e. The van der Waals surface area contributed by atoms with Gasteiger partial charge in [0.05, 0.1) is 25.0 Å². The van der Waals surface area contributed by atoms with Gasteiger partial charge in [-0.2, -0.15) is 5.10 Å². The van der Waals surface area contributed by atoms with Gasteiger partial charge in [-0.25, -0.2) is 4.99 Å². The van der Waals surface area contributed by atoms with Crippen LogP contribution in [0.1, 0.15) is 51.9 Å². The molecule has 2 aliphatic rings. The van der Waals surface area contributed by atoms with Gasteiger partial charge in [-0.15, -0.1) is 0 Å². The molecule has 1 fully saturated rings. The Morgan fingerprint density at radius 3 is 2.41 bits per heavy atom. The summed E-state index contributed by atoms with van der Waals surface area (Å²) in [6, 6.07) is 2.06. The standard InChI is InChI=1S/C20H24N2O.C12H21N3O/c1-5-15(2)16(3)13-17(4)19-14-20(22(21-19)11-12-23)18-9-7-6-8-10-18;1-5-13-12(10-11(2)16-4)15-8-6-14(3)7-9-15/h5,7,9-10,12-14H,1,6,8,11H2,2-4H3;5,10H,2,6-9H2,1,3-4H3/b16-15-,17-13+;12-10+,13-5-. The van der Waals surface area contributed by atoms with Crippen molar-refractivity contribution < 1.29 is 9.53 Å². The van der Waals surface area contributed by atoms with Gasteiger partial charge in [0.2, 0.25) is 0 Å². The van der Waals surface area contributed by atoms with Gasteiger partial charge in [0.15, 0.2) is 0 Å². The molecule has 0 spiro atoms. The van der Waals surface area contributed by atoms with Crippen molar-refractivity contribution in [3.8, 4) is 0 Å². The van der Waals surface area contributed by atoms with Crippen LogP contribution in [0.4, 0.5) is 0 Å². The molecule has 0 unspecified atom stereocenters. The third-order valence-corrected chi connectivity index (χ3v) is 6.72. The zero-order chi connectivity index (χ0) is 28.8. The van der Waals surface area contributed by atoms with Crippen molar-refractivity contribution in [1.82, 2.24) is 19.6 Å². The number of rotatable bonds is 10. The molecule has 2 heterocycles. The van der Waals surface area contributed by atoms with E-state index in [4.69, 9.17) is 4.74 Å². The maximum atomic E-state index is 11.0. The van der Waals surface area contributed by atoms with Gasteiger partial charge in [-0.3, -0.25) is 4.68 Å². The van der Waals surface area contributed by atoms with Crippen molar-refractivity contribution in [2.24, 2.45) is 4.99 Å². The van der Waals surface area contributed by atoms with Crippen LogP contribution in [0.2, 0.25) is 0 Å². The van der Waals surface area contributed by atoms with Gasteiger partial charge >= 0.3 is 0 Å². The van der Waals surface area contributed by atoms with E-state index in [2.05, 4.69) is 77.4 Å². The molecule has 3 rings (SSSR count). The van der Waals surface area contributed by atoms with E-state index < -0.39 is 0 Å². The highest BCUT2D eigenvalue weighted by Crippen LogP contribution is 2.25. The third kappa shape index (κ3) is 9.84. The average Bonchev–Trinajstić information content (AvgIpc) is 3.38. The monoisotopic (exact) mass is 531 g/mol. The first-order chi connectivity index (χ1) is 18.7. The maximum Gasteiger partial charge on any atom is 0.141 e. The van der Waals surface area contributed by atoms with Gasteiger partial charge in [0.1, 0.15) is 17.9 Å². The Morgan fingerprint density at radius 1 is 1.13 bits per heavy atom. The van der Waals surface area contributed by atoms with Gasteiger partial charge in [0, 0.05) is 38.5 Å². The number of hydrogen-bond donors (Lipinski definition) is 0. The summed E-state index contributed by atoms with van der Waals surface area (Å²) in [6.45, 7) is 20.1. The normalized spacial score (nSPS) is 17.3. The molecule has 0 bridgehead atoms. The molecule has 1 saturated heterocycles. The van der Waals surface area contributed by atoms with Crippen LogP contribution in [0.5, 0.6) is 0 Å². The summed E-state index contributed by atoms with van der Waals surface area (Å²) in [7, 11) is 3.76. The number of carbonyl (C=O) groups is 1. The van der Waals surface area contributed by atoms with E-state index in [1.54, 1.807) is 18.0 Å². The highest BCUT2D eigenvalue weighted by Gasteiger charge is 2.16. The number of nitrogens with zero attached hydrogens (tertiary/aromatic N) is 5. The molecule has 0 radical (unpaired) electrons. The van der Waals surface area contributed by atoms with Crippen LogP contribution >= 0.6 is 0 Å². The first-order valence-corrected chi connectivity index (χ1v) is 13.5. The van der Waals surface area contributed by atoms with Crippen LogP contribution in [0.25, 0.3) is 11.1 Å². The number of piperazine rings is 1. The fourth-order valence-electron chi connectivity index (χ4n) is 4.11. The lowest BCUT2D eigenvalue weighted by Gasteiger charge is -2.33. The number of allylic oxidation sites excluding steroid dienone is 10. The van der Waals surface area contributed by atoms with Crippen molar-refractivity contribution in [2.75, 3.05) is 40.3 Å². The number of likely N-dealkylation sites (N-methyl/N-ethyl adjacent to an activating group) is 1. The molecule has 0 N–H and O–H groups in total. The number of aliphatic imine (C=N–C) groups is 1. The minimum Gasteiger partial charge on any atom is -0.497 e. The van der Waals surface area contributed by atoms with Crippen LogP contribution in [0.3, 0.4) is 0 Å². The molecule has 1 aromatic rings. The van der Waals surface area contributed by atoms with E-state index >= 15 is 0 Å². The van der Waals surface area contributed by atoms with Crippen LogP contribution < -0.4 is 0 Å². The van der Waals surface area contributed by atoms with Crippen molar-refractivity contribution in [1.29, 1.82) is 0 Å². The van der Waals surface area contributed by atoms with Crippen LogP contribution in [0.15, 0.2) is 83.4 Å². The quantitative estimate of drug-likeness (QED) is 0.159. The van der Waals surface area contributed by atoms with Gasteiger partial charge in [-0.05, 0) is 75.9 Å². The van der Waals surface area contributed by atoms with E-state index in [9.17, 15) is 4.79 Å². The van der Waals surface area contributed by atoms with E-state index in [-0.39, 0.29) is 6.54 Å². The van der Waals surface area contributed by atoms with Crippen molar-refractivity contribution in [3.63, 3.8) is 0 Å². The maximum absolute atomic E-state index is 11.0. The lowest BCUT2D eigenvalue weighted by molar-refractivity contribution is -0.108. The van der Waals surface area contributed by atoms with Gasteiger partial charge in [-0.1, -0.05) is 43.5 Å². The number of aromatic nitrogens is 2. The van der Waals surface area contributed by atoms with Crippen LogP contribution in [-0.2, 0) is 16.1 Å². The summed E-state index contributed by atoms with van der Waals surface area (Å²) in [6.07, 6.45) is 17.1. The first kappa shape index (κ1) is 31.5. The van der Waals surface area contributed by atoms with Gasteiger partial charge < -0.3 is 19.3 Å². The highest BCUT2D eigenvalue weighted by molar-refractivity contribution is 5.76. The summed E-state index contributed by atoms with van der Waals surface area (Å²) < 4.78 is 6.84. The summed E-state index contributed by atoms with van der Waals surface area (Å²) >= 11 is 0. The van der Waals surface area contributed by atoms with E-state index in [0.717, 1.165) is 79.2 Å². The molecule has 7 heteroatoms. The Kier molecular flexibility index (Phi) is 13.2. The minimum atomic E-state index is 0.272. The highest BCUT2D eigenvalue weighted by atomic mass is 16.5. The molecule has 0 amide bonds. The SMILES string of the molecule is C=C(/C=C(\N=C/C)N1CCN(C)CC1)OC.C=C/C(C)=C(C)\C=C(/C)c1cc(C2=CCCC=C2)n(CC=O)n1. The Labute approximate surface area is 234 Å². The second-order valence-corrected chi connectivity index (χ2v) is 9.65. The summed E-state index contributed by atoms with van der Waals surface area (Å²) in [5.74, 6) is 1.57. The van der Waals surface area contributed by atoms with Gasteiger partial charge in [0.25, 0.3) is 0 Å². The Morgan fingerprint density at radius 2 is 1.85 bits per heavy atom. The molecule has 210 valence electrons. The molecule has 1 aliphatic carbocycles. The lowest BCUT2D eigenvalue weighted by atomic mass is 10.0. The molecule has 1 aromatic heterocycles. The zero-order valence-corrected chi connectivity index (χ0v) is 24.6. The predicted molar refractivity (Wildman–Crippen MR) is 164 cm³/mol. The Bertz CT molecular complexity index is 1190. The van der Waals surface area contributed by atoms with E-state index in [1.165, 1.54) is 5.57 Å². The number of ether oxygens (including phenoxy) is 1. The molecule has 0 aromatic carbocycles. The third-order valence-electron chi connectivity index (χ3n) is 6.72. The second-order valence-electron chi connectivity index (χ2n) is 9.65. The number of carbonyl (C=O) groups excluding carboxylic acids is 1. The lowest BCUT2D eigenvalue weighted by Crippen LogP contribution is -2.43. The zero-order valence-electron chi connectivity index (χ0n) is 24.6. The molecule has 39 heavy (non-hydrogen) atoms. The summed E-state index contributed by atoms with van der Waals surface area (Å²) in [4.78, 5) is 19.9. The predicted octanol–water partition coefficient (Wildman–Crippen LogP) is 6.07. The fraction of sp³-hybridized carbons (Fsp3) is 0.406. The van der Waals surface area contributed by atoms with Crippen molar-refractivity contribution >= 4 is 23.6 Å². The van der Waals surface area contributed by atoms with Crippen molar-refractivity contribution in [3.05, 3.63) is 89.8 Å². The molecular formula is C32H45N5O2. The van der Waals surface area contributed by atoms with Crippen LogP contribution in [0, 0.1) is 0 Å². The molecule has 0 saturated carbocycles. The van der Waals surface area contributed by atoms with E-state index in [0.29, 0.717) is 5.76 Å². The molecular weight excluding hydrogens is 486 g/mol. The minimum absolute atomic E-state index is 0.272. The number of hydrogen-bond acceptors (Lipinski definition) is 6. The molecule has 1 aliphatic heterocycles. The van der Waals surface area contributed by atoms with Crippen molar-refractivity contribution in [2.45, 2.75) is 47.1 Å².